The number of hydrogen-bond donors (Lipinski definition) is 4. The first-order chi connectivity index (χ1) is 15.3. The van der Waals surface area contributed by atoms with Gasteiger partial charge in [0, 0.05) is 18.4 Å². The van der Waals surface area contributed by atoms with Crippen LogP contribution in [0.25, 0.3) is 0 Å². The van der Waals surface area contributed by atoms with Crippen LogP contribution in [-0.2, 0) is 22.4 Å². The predicted molar refractivity (Wildman–Crippen MR) is 114 cm³/mol. The maximum atomic E-state index is 12.6. The zero-order chi connectivity index (χ0) is 24.4. The lowest BCUT2D eigenvalue weighted by Gasteiger charge is -2.09. The average molecular weight is 481 g/mol. The number of primary amides is 1. The van der Waals surface area contributed by atoms with Crippen molar-refractivity contribution in [2.24, 2.45) is 5.73 Å². The Kier molecular flexibility index (Phi) is 6.44. The number of nitrogens with zero attached hydrogens (tertiary/aromatic N) is 1. The molecule has 3 rings (SSSR count). The van der Waals surface area contributed by atoms with Gasteiger partial charge in [-0.2, -0.15) is 13.2 Å². The van der Waals surface area contributed by atoms with Gasteiger partial charge in [0.1, 0.15) is 11.6 Å². The van der Waals surface area contributed by atoms with Crippen molar-refractivity contribution in [3.05, 3.63) is 71.2 Å². The van der Waals surface area contributed by atoms with Gasteiger partial charge in [-0.3, -0.25) is 10.1 Å². The molecule has 5 N–H and O–H groups in total. The molecule has 3 aromatic rings. The lowest BCUT2D eigenvalue weighted by molar-refractivity contribution is -0.137. The number of aromatic amines is 1. The highest BCUT2D eigenvalue weighted by Gasteiger charge is 2.30. The molecule has 0 fully saturated rings. The summed E-state index contributed by atoms with van der Waals surface area (Å²) in [6.07, 6.45) is -3.25. The molecule has 0 aliphatic rings. The van der Waals surface area contributed by atoms with Gasteiger partial charge < -0.3 is 16.0 Å². The van der Waals surface area contributed by atoms with Crippen molar-refractivity contribution < 1.29 is 31.2 Å². The molecule has 0 spiro atoms. The third-order valence-electron chi connectivity index (χ3n) is 4.42. The Bertz CT molecular complexity index is 1280. The number of nitrogens with two attached hydrogens (primary N) is 1. The van der Waals surface area contributed by atoms with E-state index >= 15 is 0 Å². The molecule has 0 radical (unpaired) electrons. The molecule has 9 nitrogen and oxygen atoms in total. The monoisotopic (exact) mass is 481 g/mol. The van der Waals surface area contributed by atoms with E-state index in [9.17, 15) is 31.2 Å². The van der Waals surface area contributed by atoms with E-state index < -0.39 is 33.5 Å². The van der Waals surface area contributed by atoms with Gasteiger partial charge in [-0.1, -0.05) is 12.1 Å². The Balaban J connectivity index is 1.72. The van der Waals surface area contributed by atoms with Crippen LogP contribution in [0.5, 0.6) is 0 Å². The molecule has 0 saturated heterocycles. The van der Waals surface area contributed by atoms with E-state index in [2.05, 4.69) is 20.6 Å². The molecule has 0 atom stereocenters. The zero-order valence-electron chi connectivity index (χ0n) is 17.0. The third-order valence-corrected chi connectivity index (χ3v) is 5.55. The number of urea groups is 1. The van der Waals surface area contributed by atoms with E-state index in [4.69, 9.17) is 5.73 Å². The number of alkyl halides is 3. The fourth-order valence-corrected chi connectivity index (χ4v) is 3.47. The summed E-state index contributed by atoms with van der Waals surface area (Å²) >= 11 is 0. The van der Waals surface area contributed by atoms with E-state index in [1.165, 1.54) is 12.1 Å². The van der Waals surface area contributed by atoms with Gasteiger partial charge >= 0.3 is 12.2 Å². The summed E-state index contributed by atoms with van der Waals surface area (Å²) in [4.78, 5) is 30.9. The maximum absolute atomic E-state index is 12.6. The van der Waals surface area contributed by atoms with Crippen LogP contribution in [-0.4, -0.2) is 36.6 Å². The van der Waals surface area contributed by atoms with E-state index in [-0.39, 0.29) is 34.3 Å². The van der Waals surface area contributed by atoms with Gasteiger partial charge in [-0.05, 0) is 42.0 Å². The molecule has 0 unspecified atom stereocenters. The summed E-state index contributed by atoms with van der Waals surface area (Å²) < 4.78 is 61.0. The normalized spacial score (nSPS) is 11.8. The molecule has 0 aliphatic carbocycles. The van der Waals surface area contributed by atoms with Gasteiger partial charge in [0.05, 0.1) is 10.5 Å². The second-order valence-corrected chi connectivity index (χ2v) is 9.03. The van der Waals surface area contributed by atoms with Crippen molar-refractivity contribution in [1.29, 1.82) is 0 Å². The highest BCUT2D eigenvalue weighted by Crippen LogP contribution is 2.29. The highest BCUT2D eigenvalue weighted by atomic mass is 32.2. The van der Waals surface area contributed by atoms with Gasteiger partial charge in [0.25, 0.3) is 5.91 Å². The lowest BCUT2D eigenvalue weighted by Crippen LogP contribution is -2.22. The van der Waals surface area contributed by atoms with Crippen LogP contribution >= 0.6 is 0 Å². The standard InChI is InChI=1S/C20H18F3N5O4S/c1-33(31,32)14-8-2-11(3-9-14)10-15-26-16(17(24)29)18(27-15)28-19(30)25-13-6-4-12(5-7-13)20(21,22)23/h2-9H,10H2,1H3,(H2,24,29)(H,26,27)(H2,25,28,30). The quantitative estimate of drug-likeness (QED) is 0.427. The number of benzene rings is 2. The number of hydrogen-bond acceptors (Lipinski definition) is 5. The fraction of sp³-hybridized carbons (Fsp3) is 0.150. The molecular formula is C20H18F3N5O4S. The molecule has 0 saturated carbocycles. The topological polar surface area (TPSA) is 147 Å². The first-order valence-corrected chi connectivity index (χ1v) is 11.1. The summed E-state index contributed by atoms with van der Waals surface area (Å²) in [6.45, 7) is 0. The minimum absolute atomic E-state index is 0.0897. The lowest BCUT2D eigenvalue weighted by atomic mass is 10.1. The van der Waals surface area contributed by atoms with Crippen LogP contribution in [0.1, 0.15) is 27.4 Å². The van der Waals surface area contributed by atoms with Crippen LogP contribution in [0.15, 0.2) is 53.4 Å². The summed E-state index contributed by atoms with van der Waals surface area (Å²) in [7, 11) is -3.35. The molecular weight excluding hydrogens is 463 g/mol. The number of amides is 3. The fourth-order valence-electron chi connectivity index (χ4n) is 2.84. The summed E-state index contributed by atoms with van der Waals surface area (Å²) in [5.41, 5.74) is 4.95. The van der Waals surface area contributed by atoms with Crippen molar-refractivity contribution >= 4 is 33.3 Å². The second-order valence-electron chi connectivity index (χ2n) is 7.02. The van der Waals surface area contributed by atoms with Crippen molar-refractivity contribution in [1.82, 2.24) is 9.97 Å². The minimum atomic E-state index is -4.51. The zero-order valence-corrected chi connectivity index (χ0v) is 17.8. The molecule has 1 heterocycles. The first kappa shape index (κ1) is 23.8. The summed E-state index contributed by atoms with van der Waals surface area (Å²) in [6, 6.07) is 8.96. The molecule has 2 aromatic carbocycles. The van der Waals surface area contributed by atoms with Gasteiger partial charge in [0.2, 0.25) is 0 Å². The van der Waals surface area contributed by atoms with Crippen LogP contribution in [0.2, 0.25) is 0 Å². The molecule has 33 heavy (non-hydrogen) atoms. The van der Waals surface area contributed by atoms with Gasteiger partial charge in [-0.25, -0.2) is 18.2 Å². The maximum Gasteiger partial charge on any atom is 0.416 e. The highest BCUT2D eigenvalue weighted by molar-refractivity contribution is 7.90. The summed E-state index contributed by atoms with van der Waals surface area (Å²) in [5, 5.41) is 4.69. The Morgan fingerprint density at radius 3 is 2.15 bits per heavy atom. The average Bonchev–Trinajstić information content (AvgIpc) is 3.09. The number of sulfone groups is 1. The number of H-pyrrole nitrogens is 1. The number of carbonyl (C=O) groups excluding carboxylic acids is 2. The number of rotatable bonds is 6. The Labute approximate surface area is 186 Å². The molecule has 1 aromatic heterocycles. The Morgan fingerprint density at radius 1 is 1.03 bits per heavy atom. The van der Waals surface area contributed by atoms with Gasteiger partial charge in [-0.15, -0.1) is 0 Å². The Hall–Kier alpha value is -3.87. The smallest absolute Gasteiger partial charge is 0.364 e. The Morgan fingerprint density at radius 2 is 1.64 bits per heavy atom. The number of halogens is 3. The number of imidazole rings is 1. The van der Waals surface area contributed by atoms with Crippen molar-refractivity contribution in [2.45, 2.75) is 17.5 Å². The van der Waals surface area contributed by atoms with Crippen LogP contribution < -0.4 is 16.4 Å². The molecule has 0 bridgehead atoms. The van der Waals surface area contributed by atoms with E-state index in [1.807, 2.05) is 0 Å². The van der Waals surface area contributed by atoms with Gasteiger partial charge in [0.15, 0.2) is 15.5 Å². The molecule has 13 heteroatoms. The van der Waals surface area contributed by atoms with E-state index in [1.54, 1.807) is 12.1 Å². The third kappa shape index (κ3) is 6.10. The number of aromatic nitrogens is 2. The minimum Gasteiger partial charge on any atom is -0.364 e. The van der Waals surface area contributed by atoms with Crippen molar-refractivity contribution in [3.8, 4) is 0 Å². The van der Waals surface area contributed by atoms with Crippen LogP contribution in [0.3, 0.4) is 0 Å². The van der Waals surface area contributed by atoms with E-state index in [0.29, 0.717) is 5.56 Å². The van der Waals surface area contributed by atoms with Crippen molar-refractivity contribution in [2.75, 3.05) is 16.9 Å². The number of carbonyl (C=O) groups is 2. The largest absolute Gasteiger partial charge is 0.416 e. The second kappa shape index (κ2) is 8.94. The van der Waals surface area contributed by atoms with Crippen molar-refractivity contribution in [3.63, 3.8) is 0 Å². The van der Waals surface area contributed by atoms with E-state index in [0.717, 1.165) is 30.5 Å². The van der Waals surface area contributed by atoms with Crippen LogP contribution in [0.4, 0.5) is 29.5 Å². The number of anilines is 2. The number of nitrogens with one attached hydrogen (secondary N) is 3. The van der Waals surface area contributed by atoms with Crippen LogP contribution in [0, 0.1) is 0 Å². The molecule has 0 aliphatic heterocycles. The first-order valence-electron chi connectivity index (χ1n) is 9.26. The predicted octanol–water partition coefficient (Wildman–Crippen LogP) is 3.17. The molecule has 3 amide bonds. The summed E-state index contributed by atoms with van der Waals surface area (Å²) in [5.74, 6) is -0.759. The SMILES string of the molecule is CS(=O)(=O)c1ccc(Cc2nc(C(N)=O)c(NC(=O)Nc3ccc(C(F)(F)F)cc3)[nH]2)cc1. The molecule has 174 valence electrons.